The van der Waals surface area contributed by atoms with Crippen LogP contribution in [0.25, 0.3) is 0 Å². The van der Waals surface area contributed by atoms with E-state index in [1.807, 2.05) is 30.3 Å². The molecule has 112 valence electrons. The summed E-state index contributed by atoms with van der Waals surface area (Å²) in [6.45, 7) is 3.82. The van der Waals surface area contributed by atoms with Gasteiger partial charge in [-0.3, -0.25) is 0 Å². The Balaban J connectivity index is 1.87. The monoisotopic (exact) mass is 292 g/mol. The van der Waals surface area contributed by atoms with Gasteiger partial charge in [0.1, 0.15) is 11.9 Å². The van der Waals surface area contributed by atoms with Gasteiger partial charge >= 0.3 is 0 Å². The summed E-state index contributed by atoms with van der Waals surface area (Å²) >= 11 is 0. The molecule has 0 unspecified atom stereocenters. The Bertz CT molecular complexity index is 667. The summed E-state index contributed by atoms with van der Waals surface area (Å²) in [5.41, 5.74) is 6.53. The van der Waals surface area contributed by atoms with E-state index < -0.39 is 0 Å². The number of hydrogen-bond acceptors (Lipinski definition) is 2. The highest BCUT2D eigenvalue weighted by Gasteiger charge is 2.28. The molecule has 0 aromatic heterocycles. The summed E-state index contributed by atoms with van der Waals surface area (Å²) in [7, 11) is 1.67. The van der Waals surface area contributed by atoms with Gasteiger partial charge in [-0.05, 0) is 36.1 Å². The first-order valence-electron chi connectivity index (χ1n) is 7.55. The van der Waals surface area contributed by atoms with Crippen molar-refractivity contribution >= 4 is 0 Å². The number of methoxy groups -OCH3 is 1. The largest absolute Gasteiger partial charge is 0.497 e. The van der Waals surface area contributed by atoms with Crippen LogP contribution in [0.2, 0.25) is 0 Å². The van der Waals surface area contributed by atoms with Crippen LogP contribution in [0.1, 0.15) is 36.2 Å². The Morgan fingerprint density at radius 2 is 1.77 bits per heavy atom. The Morgan fingerprint density at radius 1 is 1.05 bits per heavy atom. The minimum absolute atomic E-state index is 0.0811. The predicted molar refractivity (Wildman–Crippen MR) is 87.9 cm³/mol. The van der Waals surface area contributed by atoms with Gasteiger partial charge in [-0.2, -0.15) is 0 Å². The highest BCUT2D eigenvalue weighted by Crippen LogP contribution is 2.41. The molecule has 2 aromatic rings. The molecule has 2 atom stereocenters. The summed E-state index contributed by atoms with van der Waals surface area (Å²) in [5, 5.41) is 0. The molecule has 22 heavy (non-hydrogen) atoms. The Hall–Kier alpha value is -2.28. The van der Waals surface area contributed by atoms with E-state index in [9.17, 15) is 0 Å². The summed E-state index contributed by atoms with van der Waals surface area (Å²) in [5.74, 6) is 0.850. The molecule has 1 saturated heterocycles. The lowest BCUT2D eigenvalue weighted by Crippen LogP contribution is -2.18. The van der Waals surface area contributed by atoms with Crippen LogP contribution in [0.5, 0.6) is 5.75 Å². The van der Waals surface area contributed by atoms with Gasteiger partial charge in [0.2, 0.25) is 0 Å². The molecule has 0 aliphatic carbocycles. The maximum absolute atomic E-state index is 6.36. The third kappa shape index (κ3) is 2.99. The summed E-state index contributed by atoms with van der Waals surface area (Å²) < 4.78 is 11.6. The molecule has 0 amide bonds. The molecule has 1 heterocycles. The molecule has 0 N–H and O–H groups in total. The zero-order chi connectivity index (χ0) is 15.4. The van der Waals surface area contributed by atoms with Gasteiger partial charge in [0.15, 0.2) is 0 Å². The molecule has 2 heteroatoms. The minimum atomic E-state index is -0.0811. The van der Waals surface area contributed by atoms with Crippen molar-refractivity contribution in [2.75, 3.05) is 7.11 Å². The zero-order valence-electron chi connectivity index (χ0n) is 12.8. The molecule has 1 fully saturated rings. The number of ether oxygens (including phenoxy) is 2. The van der Waals surface area contributed by atoms with Gasteiger partial charge in [0, 0.05) is 5.57 Å². The van der Waals surface area contributed by atoms with Crippen molar-refractivity contribution in [2.24, 2.45) is 0 Å². The molecular formula is C20H20O2. The predicted octanol–water partition coefficient (Wildman–Crippen LogP) is 5.00. The van der Waals surface area contributed by atoms with E-state index in [0.717, 1.165) is 29.7 Å². The second kappa shape index (κ2) is 6.65. The van der Waals surface area contributed by atoms with E-state index >= 15 is 0 Å². The molecule has 2 aromatic carbocycles. The fourth-order valence-electron chi connectivity index (χ4n) is 2.88. The van der Waals surface area contributed by atoms with E-state index in [4.69, 9.17) is 9.47 Å². The van der Waals surface area contributed by atoms with Crippen LogP contribution in [0, 0.1) is 0 Å². The molecule has 0 saturated carbocycles. The van der Waals surface area contributed by atoms with Crippen molar-refractivity contribution in [3.05, 3.63) is 83.6 Å². The lowest BCUT2D eigenvalue weighted by molar-refractivity contribution is -0.0220. The topological polar surface area (TPSA) is 18.5 Å². The van der Waals surface area contributed by atoms with Crippen LogP contribution in [-0.2, 0) is 4.74 Å². The Labute approximate surface area is 131 Å². The molecular weight excluding hydrogens is 272 g/mol. The number of benzene rings is 2. The van der Waals surface area contributed by atoms with Crippen molar-refractivity contribution in [1.82, 2.24) is 0 Å². The lowest BCUT2D eigenvalue weighted by Gasteiger charge is -2.32. The van der Waals surface area contributed by atoms with E-state index in [2.05, 4.69) is 36.6 Å². The van der Waals surface area contributed by atoms with Crippen LogP contribution >= 0.6 is 0 Å². The van der Waals surface area contributed by atoms with Gasteiger partial charge in [0.05, 0.1) is 13.2 Å². The molecule has 0 bridgehead atoms. The molecule has 1 aliphatic rings. The molecule has 3 rings (SSSR count). The summed E-state index contributed by atoms with van der Waals surface area (Å²) in [6, 6.07) is 18.4. The van der Waals surface area contributed by atoms with E-state index in [-0.39, 0.29) is 12.2 Å². The van der Waals surface area contributed by atoms with Crippen molar-refractivity contribution in [1.29, 1.82) is 0 Å². The second-order valence-electron chi connectivity index (χ2n) is 5.43. The zero-order valence-corrected chi connectivity index (χ0v) is 12.8. The van der Waals surface area contributed by atoms with Crippen LogP contribution in [0.15, 0.2) is 72.5 Å². The smallest absolute Gasteiger partial charge is 0.118 e. The third-order valence-corrected chi connectivity index (χ3v) is 4.11. The van der Waals surface area contributed by atoms with Gasteiger partial charge in [-0.1, -0.05) is 49.0 Å². The van der Waals surface area contributed by atoms with Crippen molar-refractivity contribution < 1.29 is 9.47 Å². The Morgan fingerprint density at radius 3 is 2.41 bits per heavy atom. The molecule has 0 spiro atoms. The molecule has 0 radical (unpaired) electrons. The maximum Gasteiger partial charge on any atom is 0.118 e. The van der Waals surface area contributed by atoms with E-state index in [1.165, 1.54) is 5.56 Å². The first-order chi connectivity index (χ1) is 10.8. The number of rotatable bonds is 3. The fourth-order valence-corrected chi connectivity index (χ4v) is 2.88. The van der Waals surface area contributed by atoms with Crippen molar-refractivity contribution in [3.63, 3.8) is 0 Å². The first kappa shape index (κ1) is 14.6. The van der Waals surface area contributed by atoms with Gasteiger partial charge < -0.3 is 9.47 Å². The minimum Gasteiger partial charge on any atom is -0.497 e. The maximum atomic E-state index is 6.36. The highest BCUT2D eigenvalue weighted by atomic mass is 16.5. The quantitative estimate of drug-likeness (QED) is 0.741. The molecule has 2 nitrogen and oxygen atoms in total. The molecule has 1 aliphatic heterocycles. The number of hydrogen-bond donors (Lipinski definition) is 0. The second-order valence-corrected chi connectivity index (χ2v) is 5.43. The van der Waals surface area contributed by atoms with Gasteiger partial charge in [-0.25, -0.2) is 0 Å². The van der Waals surface area contributed by atoms with Crippen molar-refractivity contribution in [2.45, 2.75) is 25.0 Å². The van der Waals surface area contributed by atoms with Crippen LogP contribution < -0.4 is 4.74 Å². The van der Waals surface area contributed by atoms with Gasteiger partial charge in [0.25, 0.3) is 0 Å². The SMILES string of the molecule is C=C=C1CC[C@H](c2ccccc2)O[C@@H]1c1ccc(OC)cc1. The normalized spacial score (nSPS) is 21.2. The van der Waals surface area contributed by atoms with Crippen LogP contribution in [0.4, 0.5) is 0 Å². The van der Waals surface area contributed by atoms with E-state index in [0.29, 0.717) is 0 Å². The average molecular weight is 292 g/mol. The van der Waals surface area contributed by atoms with Gasteiger partial charge in [-0.15, -0.1) is 5.73 Å². The van der Waals surface area contributed by atoms with Crippen molar-refractivity contribution in [3.8, 4) is 5.75 Å². The van der Waals surface area contributed by atoms with Crippen LogP contribution in [0.3, 0.4) is 0 Å². The fraction of sp³-hybridized carbons (Fsp3) is 0.250. The highest BCUT2D eigenvalue weighted by molar-refractivity contribution is 5.33. The Kier molecular flexibility index (Phi) is 4.43. The average Bonchev–Trinajstić information content (AvgIpc) is 2.62. The van der Waals surface area contributed by atoms with E-state index in [1.54, 1.807) is 7.11 Å². The first-order valence-corrected chi connectivity index (χ1v) is 7.55. The lowest BCUT2D eigenvalue weighted by atomic mass is 9.91. The third-order valence-electron chi connectivity index (χ3n) is 4.11. The van der Waals surface area contributed by atoms with Crippen LogP contribution in [-0.4, -0.2) is 7.11 Å². The summed E-state index contributed by atoms with van der Waals surface area (Å²) in [4.78, 5) is 0. The standard InChI is InChI=1S/C20H20O2/c1-3-15-11-14-19(16-7-5-4-6-8-16)22-20(15)17-9-12-18(21-2)13-10-17/h4-10,12-13,19-20H,1,11,14H2,2H3/t19-,20+/m1/s1. The summed E-state index contributed by atoms with van der Waals surface area (Å²) in [6.07, 6.45) is 1.96.